The number of ether oxygens (including phenoxy) is 1. The highest BCUT2D eigenvalue weighted by Gasteiger charge is 2.23. The van der Waals surface area contributed by atoms with Gasteiger partial charge >= 0.3 is 0 Å². The van der Waals surface area contributed by atoms with E-state index in [9.17, 15) is 0 Å². The minimum Gasteiger partial charge on any atom is -0.479 e. The van der Waals surface area contributed by atoms with Crippen molar-refractivity contribution in [2.24, 2.45) is 0 Å². The molecule has 0 spiro atoms. The largest absolute Gasteiger partial charge is 0.479 e. The summed E-state index contributed by atoms with van der Waals surface area (Å²) in [5.74, 6) is 1.75. The summed E-state index contributed by atoms with van der Waals surface area (Å²) in [6, 6.07) is 0. The molecule has 3 N–H and O–H groups in total. The monoisotopic (exact) mass is 252 g/mol. The summed E-state index contributed by atoms with van der Waals surface area (Å²) < 4.78 is 5.22. The van der Waals surface area contributed by atoms with Gasteiger partial charge in [-0.05, 0) is 20.8 Å². The Morgan fingerprint density at radius 3 is 2.00 bits per heavy atom. The molecule has 0 aromatic carbocycles. The fourth-order valence-corrected chi connectivity index (χ4v) is 1.39. The third kappa shape index (κ3) is 3.48. The van der Waals surface area contributed by atoms with Gasteiger partial charge in [-0.25, -0.2) is 4.98 Å². The van der Waals surface area contributed by atoms with Gasteiger partial charge in [-0.3, -0.25) is 0 Å². The summed E-state index contributed by atoms with van der Waals surface area (Å²) in [5.41, 5.74) is 6.17. The fraction of sp³-hybridized carbons (Fsp3) is 0.692. The van der Waals surface area contributed by atoms with E-state index in [-0.39, 0.29) is 11.0 Å². The predicted molar refractivity (Wildman–Crippen MR) is 75.1 cm³/mol. The van der Waals surface area contributed by atoms with Gasteiger partial charge in [0.2, 0.25) is 5.88 Å². The van der Waals surface area contributed by atoms with E-state index in [0.717, 1.165) is 0 Å². The first-order chi connectivity index (χ1) is 8.04. The van der Waals surface area contributed by atoms with Crippen LogP contribution in [0.3, 0.4) is 0 Å². The van der Waals surface area contributed by atoms with Crippen LogP contribution in [-0.4, -0.2) is 22.6 Å². The number of nitrogens with two attached hydrogens (primary N) is 1. The van der Waals surface area contributed by atoms with E-state index in [1.54, 1.807) is 7.11 Å². The lowest BCUT2D eigenvalue weighted by molar-refractivity contribution is 0.391. The summed E-state index contributed by atoms with van der Waals surface area (Å²) >= 11 is 0. The van der Waals surface area contributed by atoms with Crippen molar-refractivity contribution in [3.63, 3.8) is 0 Å². The summed E-state index contributed by atoms with van der Waals surface area (Å²) in [4.78, 5) is 8.86. The van der Waals surface area contributed by atoms with Crippen molar-refractivity contribution >= 4 is 11.5 Å². The molecule has 5 heteroatoms. The van der Waals surface area contributed by atoms with E-state index >= 15 is 0 Å². The van der Waals surface area contributed by atoms with Gasteiger partial charge in [0.25, 0.3) is 0 Å². The first kappa shape index (κ1) is 14.5. The molecule has 1 aromatic heterocycles. The Bertz CT molecular complexity index is 430. The average Bonchev–Trinajstić information content (AvgIpc) is 2.17. The molecule has 1 heterocycles. The lowest BCUT2D eigenvalue weighted by atomic mass is 9.95. The van der Waals surface area contributed by atoms with Gasteiger partial charge in [0.1, 0.15) is 11.5 Å². The zero-order valence-electron chi connectivity index (χ0n) is 12.4. The molecular formula is C13H24N4O. The van der Waals surface area contributed by atoms with Gasteiger partial charge in [-0.1, -0.05) is 20.8 Å². The van der Waals surface area contributed by atoms with Crippen molar-refractivity contribution in [3.05, 3.63) is 5.82 Å². The number of aromatic nitrogens is 2. The second kappa shape index (κ2) is 4.63. The summed E-state index contributed by atoms with van der Waals surface area (Å²) in [6.45, 7) is 12.3. The first-order valence-corrected chi connectivity index (χ1v) is 6.05. The van der Waals surface area contributed by atoms with Crippen LogP contribution in [-0.2, 0) is 5.41 Å². The maximum absolute atomic E-state index is 6.00. The van der Waals surface area contributed by atoms with Crippen LogP contribution in [0.1, 0.15) is 47.4 Å². The molecular weight excluding hydrogens is 228 g/mol. The lowest BCUT2D eigenvalue weighted by Gasteiger charge is -2.25. The number of nitrogen functional groups attached to an aromatic ring is 1. The Morgan fingerprint density at radius 1 is 1.06 bits per heavy atom. The van der Waals surface area contributed by atoms with Gasteiger partial charge in [-0.15, -0.1) is 0 Å². The average molecular weight is 252 g/mol. The SMILES string of the molecule is COc1nc(C(C)(C)C)nc(NC(C)(C)C)c1N. The second-order valence-corrected chi connectivity index (χ2v) is 6.44. The zero-order chi connectivity index (χ0) is 14.1. The molecule has 5 nitrogen and oxygen atoms in total. The normalized spacial score (nSPS) is 12.4. The quantitative estimate of drug-likeness (QED) is 0.846. The van der Waals surface area contributed by atoms with Crippen LogP contribution in [0.15, 0.2) is 0 Å². The highest BCUT2D eigenvalue weighted by atomic mass is 16.5. The van der Waals surface area contributed by atoms with Crippen LogP contribution >= 0.6 is 0 Å². The number of hydrogen-bond acceptors (Lipinski definition) is 5. The third-order valence-electron chi connectivity index (χ3n) is 2.27. The van der Waals surface area contributed by atoms with Crippen LogP contribution in [0.5, 0.6) is 5.88 Å². The molecule has 1 rings (SSSR count). The Hall–Kier alpha value is -1.52. The van der Waals surface area contributed by atoms with Crippen LogP contribution in [0, 0.1) is 0 Å². The Labute approximate surface area is 109 Å². The first-order valence-electron chi connectivity index (χ1n) is 6.05. The van der Waals surface area contributed by atoms with Crippen LogP contribution in [0.2, 0.25) is 0 Å². The molecule has 0 atom stereocenters. The number of hydrogen-bond donors (Lipinski definition) is 2. The molecule has 0 aliphatic rings. The van der Waals surface area contributed by atoms with Crippen molar-refractivity contribution in [2.45, 2.75) is 52.5 Å². The Kier molecular flexibility index (Phi) is 3.74. The van der Waals surface area contributed by atoms with Crippen molar-refractivity contribution in [1.82, 2.24) is 9.97 Å². The summed E-state index contributed by atoms with van der Waals surface area (Å²) in [6.07, 6.45) is 0. The summed E-state index contributed by atoms with van der Waals surface area (Å²) in [7, 11) is 1.56. The van der Waals surface area contributed by atoms with Gasteiger partial charge in [-0.2, -0.15) is 4.98 Å². The van der Waals surface area contributed by atoms with Gasteiger partial charge in [0, 0.05) is 11.0 Å². The zero-order valence-corrected chi connectivity index (χ0v) is 12.4. The molecule has 0 saturated heterocycles. The molecule has 0 bridgehead atoms. The molecule has 0 fully saturated rings. The highest BCUT2D eigenvalue weighted by Crippen LogP contribution is 2.31. The molecule has 1 aromatic rings. The topological polar surface area (TPSA) is 73.1 Å². The summed E-state index contributed by atoms with van der Waals surface area (Å²) in [5, 5.41) is 3.28. The van der Waals surface area contributed by atoms with Crippen molar-refractivity contribution in [1.29, 1.82) is 0 Å². The van der Waals surface area contributed by atoms with Crippen LogP contribution in [0.25, 0.3) is 0 Å². The van der Waals surface area contributed by atoms with E-state index in [1.165, 1.54) is 0 Å². The number of nitrogens with one attached hydrogen (secondary N) is 1. The number of rotatable bonds is 2. The molecule has 0 unspecified atom stereocenters. The number of methoxy groups -OCH3 is 1. The fourth-order valence-electron chi connectivity index (χ4n) is 1.39. The van der Waals surface area contributed by atoms with E-state index < -0.39 is 0 Å². The predicted octanol–water partition coefficient (Wildman–Crippen LogP) is 2.58. The van der Waals surface area contributed by atoms with Gasteiger partial charge in [0.05, 0.1) is 7.11 Å². The van der Waals surface area contributed by atoms with Gasteiger partial charge < -0.3 is 15.8 Å². The molecule has 0 amide bonds. The van der Waals surface area contributed by atoms with Crippen LogP contribution < -0.4 is 15.8 Å². The van der Waals surface area contributed by atoms with E-state index in [4.69, 9.17) is 10.5 Å². The standard InChI is InChI=1S/C13H24N4O/c1-12(2,3)11-15-9(17-13(4,5)6)8(14)10(16-11)18-7/h14H2,1-7H3,(H,15,16,17). The lowest BCUT2D eigenvalue weighted by Crippen LogP contribution is -2.29. The minimum atomic E-state index is -0.157. The molecule has 0 radical (unpaired) electrons. The second-order valence-electron chi connectivity index (χ2n) is 6.44. The van der Waals surface area contributed by atoms with E-state index in [1.807, 2.05) is 0 Å². The smallest absolute Gasteiger partial charge is 0.242 e. The van der Waals surface area contributed by atoms with Gasteiger partial charge in [0.15, 0.2) is 5.82 Å². The maximum Gasteiger partial charge on any atom is 0.242 e. The Morgan fingerprint density at radius 2 is 1.61 bits per heavy atom. The number of nitrogens with zero attached hydrogens (tertiary/aromatic N) is 2. The molecule has 0 aliphatic carbocycles. The van der Waals surface area contributed by atoms with Crippen molar-refractivity contribution in [3.8, 4) is 5.88 Å². The molecule has 0 aliphatic heterocycles. The minimum absolute atomic E-state index is 0.122. The highest BCUT2D eigenvalue weighted by molar-refractivity contribution is 5.67. The van der Waals surface area contributed by atoms with Crippen molar-refractivity contribution in [2.75, 3.05) is 18.2 Å². The van der Waals surface area contributed by atoms with E-state index in [2.05, 4.69) is 56.8 Å². The number of anilines is 2. The Balaban J connectivity index is 3.32. The van der Waals surface area contributed by atoms with Crippen LogP contribution in [0.4, 0.5) is 11.5 Å². The molecule has 102 valence electrons. The molecule has 18 heavy (non-hydrogen) atoms. The van der Waals surface area contributed by atoms with E-state index in [0.29, 0.717) is 23.2 Å². The third-order valence-corrected chi connectivity index (χ3v) is 2.27. The maximum atomic E-state index is 6.00. The van der Waals surface area contributed by atoms with Crippen molar-refractivity contribution < 1.29 is 4.74 Å². The molecule has 0 saturated carbocycles.